The van der Waals surface area contributed by atoms with Gasteiger partial charge in [0.1, 0.15) is 16.1 Å². The zero-order chi connectivity index (χ0) is 13.6. The number of nitrogens with zero attached hydrogens (tertiary/aromatic N) is 4. The fourth-order valence-electron chi connectivity index (χ4n) is 2.30. The molecule has 0 amide bonds. The van der Waals surface area contributed by atoms with Crippen molar-refractivity contribution in [2.45, 2.75) is 31.8 Å². The van der Waals surface area contributed by atoms with Gasteiger partial charge in [-0.25, -0.2) is 14.6 Å². The predicted molar refractivity (Wildman–Crippen MR) is 74.4 cm³/mol. The first-order chi connectivity index (χ1) is 9.11. The lowest BCUT2D eigenvalue weighted by molar-refractivity contribution is -0.0471. The first-order valence-corrected chi connectivity index (χ1v) is 6.99. The van der Waals surface area contributed by atoms with Crippen molar-refractivity contribution in [3.63, 3.8) is 0 Å². The summed E-state index contributed by atoms with van der Waals surface area (Å²) in [5.74, 6) is 0. The minimum absolute atomic E-state index is 0.206. The number of rotatable bonds is 2. The van der Waals surface area contributed by atoms with Crippen LogP contribution in [0, 0.1) is 10.6 Å². The Balaban J connectivity index is 2.05. The molecule has 1 aliphatic rings. The van der Waals surface area contributed by atoms with Gasteiger partial charge in [0, 0.05) is 6.42 Å². The molecule has 3 atom stereocenters. The quantitative estimate of drug-likeness (QED) is 0.737. The third-order valence-corrected chi connectivity index (χ3v) is 4.05. The molecule has 0 aliphatic carbocycles. The second kappa shape index (κ2) is 4.93. The van der Waals surface area contributed by atoms with Crippen LogP contribution in [0.3, 0.4) is 0 Å². The van der Waals surface area contributed by atoms with Crippen LogP contribution in [0.25, 0.3) is 11.0 Å². The van der Waals surface area contributed by atoms with Gasteiger partial charge in [0.15, 0.2) is 11.9 Å². The summed E-state index contributed by atoms with van der Waals surface area (Å²) < 4.78 is 8.07. The van der Waals surface area contributed by atoms with Crippen LogP contribution in [0.4, 0.5) is 0 Å². The van der Waals surface area contributed by atoms with Crippen LogP contribution in [0.15, 0.2) is 6.33 Å². The van der Waals surface area contributed by atoms with Crippen LogP contribution in [0.5, 0.6) is 0 Å². The maximum atomic E-state index is 9.79. The number of aliphatic hydroxyl groups excluding tert-OH is 2. The SMILES string of the molecule is Cc1ncnc2c1c(I)nn2[C@H]1CC(O)[C@@H](CO)O1. The van der Waals surface area contributed by atoms with Crippen molar-refractivity contribution in [2.24, 2.45) is 0 Å². The van der Waals surface area contributed by atoms with E-state index < -0.39 is 18.4 Å². The minimum Gasteiger partial charge on any atom is -0.394 e. The molecule has 2 aromatic heterocycles. The van der Waals surface area contributed by atoms with Gasteiger partial charge >= 0.3 is 0 Å². The van der Waals surface area contributed by atoms with Crippen molar-refractivity contribution in [3.8, 4) is 0 Å². The predicted octanol–water partition coefficient (Wildman–Crippen LogP) is 0.380. The van der Waals surface area contributed by atoms with E-state index in [1.54, 1.807) is 4.68 Å². The summed E-state index contributed by atoms with van der Waals surface area (Å²) in [5.41, 5.74) is 1.55. The van der Waals surface area contributed by atoms with E-state index in [0.29, 0.717) is 12.1 Å². The van der Waals surface area contributed by atoms with Crippen LogP contribution in [0.2, 0.25) is 0 Å². The molecule has 1 fully saturated rings. The number of aryl methyl sites for hydroxylation is 1. The number of halogens is 1. The van der Waals surface area contributed by atoms with E-state index in [-0.39, 0.29) is 6.61 Å². The Hall–Kier alpha value is -0.840. The molecule has 8 heteroatoms. The van der Waals surface area contributed by atoms with E-state index in [2.05, 4.69) is 37.7 Å². The number of ether oxygens (including phenoxy) is 1. The monoisotopic (exact) mass is 376 g/mol. The van der Waals surface area contributed by atoms with E-state index in [1.807, 2.05) is 6.92 Å². The Bertz CT molecular complexity index is 617. The highest BCUT2D eigenvalue weighted by molar-refractivity contribution is 14.1. The molecule has 2 N–H and O–H groups in total. The third-order valence-electron chi connectivity index (χ3n) is 3.29. The molecule has 1 saturated heterocycles. The molecule has 0 radical (unpaired) electrons. The third kappa shape index (κ3) is 2.12. The highest BCUT2D eigenvalue weighted by Crippen LogP contribution is 2.32. The zero-order valence-corrected chi connectivity index (χ0v) is 12.4. The van der Waals surface area contributed by atoms with Crippen LogP contribution in [-0.2, 0) is 4.74 Å². The summed E-state index contributed by atoms with van der Waals surface area (Å²) in [5, 5.41) is 24.2. The van der Waals surface area contributed by atoms with Crippen molar-refractivity contribution >= 4 is 33.6 Å². The van der Waals surface area contributed by atoms with Crippen molar-refractivity contribution in [1.29, 1.82) is 0 Å². The van der Waals surface area contributed by atoms with Crippen LogP contribution >= 0.6 is 22.6 Å². The highest BCUT2D eigenvalue weighted by Gasteiger charge is 2.36. The summed E-state index contributed by atoms with van der Waals surface area (Å²) in [7, 11) is 0. The standard InChI is InChI=1S/C11H13IN4O3/c1-5-9-10(12)15-16(11(9)14-4-13-5)8-2-6(18)7(3-17)19-8/h4,6-8,17-18H,2-3H2,1H3/t6?,7-,8-/m1/s1. The van der Waals surface area contributed by atoms with E-state index in [1.165, 1.54) is 6.33 Å². The molecule has 0 aromatic carbocycles. The van der Waals surface area contributed by atoms with Gasteiger partial charge in [0.2, 0.25) is 0 Å². The second-order valence-corrected chi connectivity index (χ2v) is 5.53. The zero-order valence-electron chi connectivity index (χ0n) is 10.2. The summed E-state index contributed by atoms with van der Waals surface area (Å²) in [6, 6.07) is 0. The molecular weight excluding hydrogens is 363 g/mol. The summed E-state index contributed by atoms with van der Waals surface area (Å²) >= 11 is 2.13. The average Bonchev–Trinajstić information content (AvgIpc) is 2.91. The van der Waals surface area contributed by atoms with E-state index in [9.17, 15) is 5.11 Å². The molecule has 0 bridgehead atoms. The molecule has 3 heterocycles. The molecule has 2 aromatic rings. The number of hydrogen-bond acceptors (Lipinski definition) is 6. The van der Waals surface area contributed by atoms with Crippen molar-refractivity contribution in [3.05, 3.63) is 15.7 Å². The number of aromatic nitrogens is 4. The second-order valence-electron chi connectivity index (χ2n) is 4.51. The molecular formula is C11H13IN4O3. The van der Waals surface area contributed by atoms with Gasteiger partial charge in [0.05, 0.1) is 23.8 Å². The Morgan fingerprint density at radius 1 is 1.53 bits per heavy atom. The van der Waals surface area contributed by atoms with E-state index in [0.717, 1.165) is 14.8 Å². The molecule has 102 valence electrons. The number of aliphatic hydroxyl groups is 2. The maximum Gasteiger partial charge on any atom is 0.165 e. The Labute approximate surface area is 122 Å². The van der Waals surface area contributed by atoms with E-state index >= 15 is 0 Å². The normalized spacial score (nSPS) is 27.3. The van der Waals surface area contributed by atoms with Gasteiger partial charge < -0.3 is 14.9 Å². The van der Waals surface area contributed by atoms with Gasteiger partial charge in [-0.2, -0.15) is 5.10 Å². The fraction of sp³-hybridized carbons (Fsp3) is 0.545. The van der Waals surface area contributed by atoms with Gasteiger partial charge in [-0.15, -0.1) is 0 Å². The molecule has 19 heavy (non-hydrogen) atoms. The lowest BCUT2D eigenvalue weighted by atomic mass is 10.2. The molecule has 1 aliphatic heterocycles. The Morgan fingerprint density at radius 3 is 3.00 bits per heavy atom. The number of fused-ring (bicyclic) bond motifs is 1. The fourth-order valence-corrected chi connectivity index (χ4v) is 3.16. The smallest absolute Gasteiger partial charge is 0.165 e. The first kappa shape index (κ1) is 13.2. The maximum absolute atomic E-state index is 9.79. The lowest BCUT2D eigenvalue weighted by Crippen LogP contribution is -2.24. The molecule has 7 nitrogen and oxygen atoms in total. The molecule has 1 unspecified atom stereocenters. The summed E-state index contributed by atoms with van der Waals surface area (Å²) in [6.07, 6.45) is 0.217. The minimum atomic E-state index is -0.685. The Kier molecular flexibility index (Phi) is 3.41. The lowest BCUT2D eigenvalue weighted by Gasteiger charge is -2.12. The van der Waals surface area contributed by atoms with Gasteiger partial charge in [-0.05, 0) is 29.5 Å². The largest absolute Gasteiger partial charge is 0.394 e. The molecule has 0 spiro atoms. The van der Waals surface area contributed by atoms with E-state index in [4.69, 9.17) is 9.84 Å². The molecule has 3 rings (SSSR count). The highest BCUT2D eigenvalue weighted by atomic mass is 127. The van der Waals surface area contributed by atoms with Crippen molar-refractivity contribution < 1.29 is 14.9 Å². The van der Waals surface area contributed by atoms with Crippen LogP contribution < -0.4 is 0 Å². The van der Waals surface area contributed by atoms with Gasteiger partial charge in [-0.3, -0.25) is 0 Å². The van der Waals surface area contributed by atoms with Crippen LogP contribution in [0.1, 0.15) is 18.3 Å². The van der Waals surface area contributed by atoms with Crippen LogP contribution in [-0.4, -0.2) is 48.8 Å². The van der Waals surface area contributed by atoms with Gasteiger partial charge in [0.25, 0.3) is 0 Å². The van der Waals surface area contributed by atoms with Gasteiger partial charge in [-0.1, -0.05) is 0 Å². The molecule has 0 saturated carbocycles. The first-order valence-electron chi connectivity index (χ1n) is 5.91. The summed E-state index contributed by atoms with van der Waals surface area (Å²) in [4.78, 5) is 8.40. The van der Waals surface area contributed by atoms with Crippen molar-refractivity contribution in [1.82, 2.24) is 19.7 Å². The average molecular weight is 376 g/mol. The Morgan fingerprint density at radius 2 is 2.32 bits per heavy atom. The summed E-state index contributed by atoms with van der Waals surface area (Å²) in [6.45, 7) is 1.70. The number of hydrogen-bond donors (Lipinski definition) is 2. The van der Waals surface area contributed by atoms with Crippen molar-refractivity contribution in [2.75, 3.05) is 6.61 Å². The topological polar surface area (TPSA) is 93.3 Å².